The molecular weight excluding hydrogens is 298 g/mol. The number of aromatic nitrogens is 3. The van der Waals surface area contributed by atoms with Gasteiger partial charge in [-0.05, 0) is 24.3 Å². The molecule has 114 valence electrons. The first-order valence-corrected chi connectivity index (χ1v) is 6.65. The van der Waals surface area contributed by atoms with Crippen LogP contribution in [0.3, 0.4) is 0 Å². The van der Waals surface area contributed by atoms with Crippen molar-refractivity contribution in [3.63, 3.8) is 0 Å². The summed E-state index contributed by atoms with van der Waals surface area (Å²) in [6.45, 7) is 0. The number of carbonyl (C=O) groups is 1. The highest BCUT2D eigenvalue weighted by atomic mass is 16.6. The van der Waals surface area contributed by atoms with Gasteiger partial charge < -0.3 is 5.32 Å². The summed E-state index contributed by atoms with van der Waals surface area (Å²) in [5, 5.41) is 17.4. The zero-order valence-electron chi connectivity index (χ0n) is 11.8. The third-order valence-corrected chi connectivity index (χ3v) is 3.16. The molecule has 0 atom stereocenters. The molecule has 8 heteroatoms. The molecule has 0 aliphatic rings. The molecule has 0 radical (unpaired) electrons. The zero-order valence-corrected chi connectivity index (χ0v) is 11.8. The first-order chi connectivity index (χ1) is 11.1. The summed E-state index contributed by atoms with van der Waals surface area (Å²) in [5.41, 5.74) is 1.48. The van der Waals surface area contributed by atoms with E-state index in [0.29, 0.717) is 16.9 Å². The number of rotatable bonds is 4. The van der Waals surface area contributed by atoms with Crippen LogP contribution in [-0.4, -0.2) is 25.6 Å². The van der Waals surface area contributed by atoms with E-state index in [1.165, 1.54) is 41.6 Å². The Bertz CT molecular complexity index is 844. The van der Waals surface area contributed by atoms with Crippen molar-refractivity contribution in [1.29, 1.82) is 0 Å². The third-order valence-electron chi connectivity index (χ3n) is 3.16. The number of para-hydroxylation sites is 2. The van der Waals surface area contributed by atoms with Gasteiger partial charge in [-0.25, -0.2) is 9.67 Å². The van der Waals surface area contributed by atoms with Crippen LogP contribution in [0.5, 0.6) is 0 Å². The second kappa shape index (κ2) is 6.06. The van der Waals surface area contributed by atoms with Gasteiger partial charge in [0.15, 0.2) is 0 Å². The van der Waals surface area contributed by atoms with Crippen LogP contribution in [0.4, 0.5) is 11.4 Å². The van der Waals surface area contributed by atoms with Gasteiger partial charge in [-0.15, -0.1) is 0 Å². The number of nitrogens with one attached hydrogen (secondary N) is 1. The summed E-state index contributed by atoms with van der Waals surface area (Å²) in [4.78, 5) is 26.3. The van der Waals surface area contributed by atoms with Crippen LogP contribution in [0, 0.1) is 10.1 Å². The van der Waals surface area contributed by atoms with Crippen LogP contribution < -0.4 is 5.32 Å². The Morgan fingerprint density at radius 2 is 1.87 bits per heavy atom. The average Bonchev–Trinajstić information content (AvgIpc) is 3.09. The fraction of sp³-hybridized carbons (Fsp3) is 0. The average molecular weight is 309 g/mol. The van der Waals surface area contributed by atoms with E-state index in [0.717, 1.165) is 0 Å². The van der Waals surface area contributed by atoms with Crippen molar-refractivity contribution < 1.29 is 9.72 Å². The maximum atomic E-state index is 12.3. The van der Waals surface area contributed by atoms with Gasteiger partial charge in [0.25, 0.3) is 11.6 Å². The smallest absolute Gasteiger partial charge is 0.269 e. The Morgan fingerprint density at radius 3 is 2.52 bits per heavy atom. The van der Waals surface area contributed by atoms with E-state index in [-0.39, 0.29) is 11.6 Å². The predicted octanol–water partition coefficient (Wildman–Crippen LogP) is 2.43. The number of nitrogens with zero attached hydrogens (tertiary/aromatic N) is 4. The molecule has 0 saturated carbocycles. The highest BCUT2D eigenvalue weighted by Gasteiger charge is 2.12. The van der Waals surface area contributed by atoms with E-state index >= 15 is 0 Å². The molecule has 0 aliphatic carbocycles. The lowest BCUT2D eigenvalue weighted by Crippen LogP contribution is -2.14. The zero-order chi connectivity index (χ0) is 16.2. The molecule has 2 aromatic carbocycles. The van der Waals surface area contributed by atoms with E-state index in [4.69, 9.17) is 0 Å². The second-order valence-electron chi connectivity index (χ2n) is 4.62. The number of benzene rings is 2. The van der Waals surface area contributed by atoms with Gasteiger partial charge in [0.05, 0.1) is 16.3 Å². The van der Waals surface area contributed by atoms with Crippen LogP contribution >= 0.6 is 0 Å². The van der Waals surface area contributed by atoms with Crippen LogP contribution in [0.15, 0.2) is 61.2 Å². The van der Waals surface area contributed by atoms with Crippen molar-refractivity contribution in [2.45, 2.75) is 0 Å². The first kappa shape index (κ1) is 14.4. The molecule has 0 bridgehead atoms. The summed E-state index contributed by atoms with van der Waals surface area (Å²) in [7, 11) is 0. The Balaban J connectivity index is 1.85. The fourth-order valence-electron chi connectivity index (χ4n) is 2.04. The molecule has 1 amide bonds. The van der Waals surface area contributed by atoms with E-state index < -0.39 is 4.92 Å². The number of nitro benzene ring substituents is 1. The minimum Gasteiger partial charge on any atom is -0.320 e. The molecule has 0 unspecified atom stereocenters. The highest BCUT2D eigenvalue weighted by Crippen LogP contribution is 2.20. The normalized spacial score (nSPS) is 10.3. The number of hydrogen-bond donors (Lipinski definition) is 1. The van der Waals surface area contributed by atoms with Gasteiger partial charge in [0, 0.05) is 17.7 Å². The molecule has 23 heavy (non-hydrogen) atoms. The molecule has 0 aliphatic heterocycles. The summed E-state index contributed by atoms with van der Waals surface area (Å²) in [6, 6.07) is 12.5. The van der Waals surface area contributed by atoms with Gasteiger partial charge in [-0.2, -0.15) is 5.10 Å². The van der Waals surface area contributed by atoms with E-state index in [9.17, 15) is 14.9 Å². The van der Waals surface area contributed by atoms with Crippen molar-refractivity contribution in [3.05, 3.63) is 76.9 Å². The summed E-state index contributed by atoms with van der Waals surface area (Å²) in [6.07, 6.45) is 2.92. The summed E-state index contributed by atoms with van der Waals surface area (Å²) in [5.74, 6) is -0.368. The third kappa shape index (κ3) is 3.05. The minimum absolute atomic E-state index is 0.0652. The topological polar surface area (TPSA) is 103 Å². The first-order valence-electron chi connectivity index (χ1n) is 6.65. The number of anilines is 1. The van der Waals surface area contributed by atoms with Crippen molar-refractivity contribution >= 4 is 17.3 Å². The number of hydrogen-bond acceptors (Lipinski definition) is 5. The quantitative estimate of drug-likeness (QED) is 0.589. The highest BCUT2D eigenvalue weighted by molar-refractivity contribution is 6.05. The Morgan fingerprint density at radius 1 is 1.13 bits per heavy atom. The number of nitro groups is 1. The Hall–Kier alpha value is -3.55. The van der Waals surface area contributed by atoms with Gasteiger partial charge in [-0.3, -0.25) is 14.9 Å². The number of amides is 1. The van der Waals surface area contributed by atoms with Gasteiger partial charge in [0.1, 0.15) is 12.7 Å². The molecule has 0 fully saturated rings. The molecule has 3 rings (SSSR count). The molecular formula is C15H11N5O3. The van der Waals surface area contributed by atoms with Gasteiger partial charge in [0.2, 0.25) is 0 Å². The van der Waals surface area contributed by atoms with Gasteiger partial charge >= 0.3 is 0 Å². The monoisotopic (exact) mass is 309 g/mol. The molecule has 1 heterocycles. The lowest BCUT2D eigenvalue weighted by atomic mass is 10.2. The largest absolute Gasteiger partial charge is 0.320 e. The summed E-state index contributed by atoms with van der Waals surface area (Å²) < 4.78 is 1.53. The number of carbonyl (C=O) groups excluding carboxylic acids is 1. The van der Waals surface area contributed by atoms with Crippen molar-refractivity contribution in [3.8, 4) is 5.69 Å². The Labute approximate surface area is 130 Å². The molecule has 1 aromatic heterocycles. The minimum atomic E-state index is -0.512. The van der Waals surface area contributed by atoms with E-state index in [1.807, 2.05) is 6.07 Å². The fourth-order valence-corrected chi connectivity index (χ4v) is 2.04. The van der Waals surface area contributed by atoms with Crippen molar-refractivity contribution in [2.75, 3.05) is 5.32 Å². The predicted molar refractivity (Wildman–Crippen MR) is 82.4 cm³/mol. The summed E-state index contributed by atoms with van der Waals surface area (Å²) >= 11 is 0. The molecule has 8 nitrogen and oxygen atoms in total. The Kier molecular flexibility index (Phi) is 3.79. The molecule has 1 N–H and O–H groups in total. The van der Waals surface area contributed by atoms with Gasteiger partial charge in [-0.1, -0.05) is 12.1 Å². The molecule has 0 saturated heterocycles. The maximum Gasteiger partial charge on any atom is 0.269 e. The SMILES string of the molecule is O=C(Nc1ccccc1-n1cncn1)c1ccc([N+](=O)[O-])cc1. The lowest BCUT2D eigenvalue weighted by molar-refractivity contribution is -0.384. The van der Waals surface area contributed by atoms with Crippen LogP contribution in [-0.2, 0) is 0 Å². The van der Waals surface area contributed by atoms with Crippen molar-refractivity contribution in [1.82, 2.24) is 14.8 Å². The second-order valence-corrected chi connectivity index (χ2v) is 4.62. The van der Waals surface area contributed by atoms with E-state index in [1.54, 1.807) is 18.2 Å². The molecule has 3 aromatic rings. The van der Waals surface area contributed by atoms with E-state index in [2.05, 4.69) is 15.4 Å². The molecule has 0 spiro atoms. The standard InChI is InChI=1S/C15H11N5O3/c21-15(11-5-7-12(8-6-11)20(22)23)18-13-3-1-2-4-14(13)19-10-16-9-17-19/h1-10H,(H,18,21). The number of non-ortho nitro benzene ring substituents is 1. The lowest BCUT2D eigenvalue weighted by Gasteiger charge is -2.10. The van der Waals surface area contributed by atoms with Crippen molar-refractivity contribution in [2.24, 2.45) is 0 Å². The van der Waals surface area contributed by atoms with Crippen LogP contribution in [0.25, 0.3) is 5.69 Å². The van der Waals surface area contributed by atoms with Crippen LogP contribution in [0.1, 0.15) is 10.4 Å². The van der Waals surface area contributed by atoms with Crippen LogP contribution in [0.2, 0.25) is 0 Å². The maximum absolute atomic E-state index is 12.3.